The average molecular weight is 246 g/mol. The van der Waals surface area contributed by atoms with Crippen molar-refractivity contribution in [1.82, 2.24) is 10.2 Å². The van der Waals surface area contributed by atoms with Gasteiger partial charge in [-0.05, 0) is 51.4 Å². The fraction of sp³-hybridized carbons (Fsp3) is 0.625. The number of aryl methyl sites for hydroxylation is 1. The Morgan fingerprint density at radius 2 is 2.11 bits per heavy atom. The van der Waals surface area contributed by atoms with Crippen molar-refractivity contribution in [3.05, 3.63) is 35.4 Å². The number of likely N-dealkylation sites (N-methyl/N-ethyl adjacent to an activating group) is 1. The van der Waals surface area contributed by atoms with Gasteiger partial charge in [-0.15, -0.1) is 0 Å². The van der Waals surface area contributed by atoms with Gasteiger partial charge in [-0.3, -0.25) is 0 Å². The standard InChI is InChI=1S/C16H26N2/c1-13-8-4-5-10-16(13)14(2)17-12-15-9-6-7-11-18(15)3/h4-5,8,10,14-15,17H,6-7,9,11-12H2,1-3H3/t14-,15?/m1/s1. The van der Waals surface area contributed by atoms with E-state index in [-0.39, 0.29) is 0 Å². The Morgan fingerprint density at radius 3 is 2.83 bits per heavy atom. The lowest BCUT2D eigenvalue weighted by molar-refractivity contribution is 0.178. The van der Waals surface area contributed by atoms with Crippen LogP contribution in [0.5, 0.6) is 0 Å². The van der Waals surface area contributed by atoms with Crippen molar-refractivity contribution >= 4 is 0 Å². The molecule has 2 rings (SSSR count). The normalized spacial score (nSPS) is 22.9. The average Bonchev–Trinajstić information content (AvgIpc) is 2.38. The van der Waals surface area contributed by atoms with Crippen LogP contribution < -0.4 is 5.32 Å². The maximum Gasteiger partial charge on any atom is 0.0295 e. The van der Waals surface area contributed by atoms with E-state index >= 15 is 0 Å². The van der Waals surface area contributed by atoms with E-state index in [9.17, 15) is 0 Å². The van der Waals surface area contributed by atoms with Gasteiger partial charge in [-0.1, -0.05) is 30.7 Å². The van der Waals surface area contributed by atoms with Crippen LogP contribution in [-0.4, -0.2) is 31.1 Å². The Balaban J connectivity index is 1.88. The highest BCUT2D eigenvalue weighted by Crippen LogP contribution is 2.18. The van der Waals surface area contributed by atoms with Crippen molar-refractivity contribution in [2.24, 2.45) is 0 Å². The second-order valence-corrected chi connectivity index (χ2v) is 5.62. The van der Waals surface area contributed by atoms with E-state index in [1.165, 1.54) is 36.9 Å². The van der Waals surface area contributed by atoms with Gasteiger partial charge in [-0.2, -0.15) is 0 Å². The summed E-state index contributed by atoms with van der Waals surface area (Å²) in [5, 5.41) is 3.70. The highest BCUT2D eigenvalue weighted by Gasteiger charge is 2.19. The lowest BCUT2D eigenvalue weighted by Crippen LogP contribution is -2.43. The van der Waals surface area contributed by atoms with Gasteiger partial charge in [0.05, 0.1) is 0 Å². The summed E-state index contributed by atoms with van der Waals surface area (Å²) in [5.41, 5.74) is 2.81. The van der Waals surface area contributed by atoms with Crippen LogP contribution in [0.1, 0.15) is 43.4 Å². The Kier molecular flexibility index (Phi) is 4.79. The minimum atomic E-state index is 0.446. The highest BCUT2D eigenvalue weighted by atomic mass is 15.2. The number of piperidine rings is 1. The lowest BCUT2D eigenvalue weighted by Gasteiger charge is -2.33. The Labute approximate surface area is 111 Å². The molecule has 0 saturated carbocycles. The summed E-state index contributed by atoms with van der Waals surface area (Å²) in [6.45, 7) is 6.82. The summed E-state index contributed by atoms with van der Waals surface area (Å²) in [7, 11) is 2.25. The van der Waals surface area contributed by atoms with Crippen molar-refractivity contribution in [3.63, 3.8) is 0 Å². The third-order valence-electron chi connectivity index (χ3n) is 4.24. The number of hydrogen-bond acceptors (Lipinski definition) is 2. The van der Waals surface area contributed by atoms with Gasteiger partial charge >= 0.3 is 0 Å². The van der Waals surface area contributed by atoms with Crippen LogP contribution in [-0.2, 0) is 0 Å². The van der Waals surface area contributed by atoms with Crippen LogP contribution in [0.2, 0.25) is 0 Å². The molecule has 2 nitrogen and oxygen atoms in total. The first-order chi connectivity index (χ1) is 8.68. The summed E-state index contributed by atoms with van der Waals surface area (Å²) >= 11 is 0. The van der Waals surface area contributed by atoms with E-state index in [0.717, 1.165) is 6.54 Å². The summed E-state index contributed by atoms with van der Waals surface area (Å²) in [6, 6.07) is 9.83. The smallest absolute Gasteiger partial charge is 0.0295 e. The minimum Gasteiger partial charge on any atom is -0.309 e. The molecule has 0 bridgehead atoms. The van der Waals surface area contributed by atoms with E-state index < -0.39 is 0 Å². The zero-order valence-corrected chi connectivity index (χ0v) is 11.9. The van der Waals surface area contributed by atoms with Crippen LogP contribution >= 0.6 is 0 Å². The number of nitrogens with one attached hydrogen (secondary N) is 1. The summed E-state index contributed by atoms with van der Waals surface area (Å²) < 4.78 is 0. The van der Waals surface area contributed by atoms with Gasteiger partial charge in [0.25, 0.3) is 0 Å². The van der Waals surface area contributed by atoms with Gasteiger partial charge in [0.2, 0.25) is 0 Å². The molecule has 2 atom stereocenters. The van der Waals surface area contributed by atoms with Gasteiger partial charge in [0.15, 0.2) is 0 Å². The molecule has 1 aromatic rings. The number of nitrogens with zero attached hydrogens (tertiary/aromatic N) is 1. The van der Waals surface area contributed by atoms with Crippen LogP contribution in [0.3, 0.4) is 0 Å². The van der Waals surface area contributed by atoms with E-state index in [4.69, 9.17) is 0 Å². The number of benzene rings is 1. The Bertz CT molecular complexity index is 375. The molecule has 1 aromatic carbocycles. The molecule has 100 valence electrons. The third-order valence-corrected chi connectivity index (χ3v) is 4.24. The molecule has 1 unspecified atom stereocenters. The monoisotopic (exact) mass is 246 g/mol. The fourth-order valence-corrected chi connectivity index (χ4v) is 2.90. The molecule has 0 amide bonds. The summed E-state index contributed by atoms with van der Waals surface area (Å²) in [5.74, 6) is 0. The number of hydrogen-bond donors (Lipinski definition) is 1. The molecular weight excluding hydrogens is 220 g/mol. The predicted molar refractivity (Wildman–Crippen MR) is 77.9 cm³/mol. The topological polar surface area (TPSA) is 15.3 Å². The van der Waals surface area contributed by atoms with E-state index in [1.807, 2.05) is 0 Å². The van der Waals surface area contributed by atoms with E-state index in [0.29, 0.717) is 12.1 Å². The first kappa shape index (κ1) is 13.6. The van der Waals surface area contributed by atoms with Crippen LogP contribution in [0.4, 0.5) is 0 Å². The Hall–Kier alpha value is -0.860. The molecule has 18 heavy (non-hydrogen) atoms. The molecule has 0 radical (unpaired) electrons. The fourth-order valence-electron chi connectivity index (χ4n) is 2.90. The van der Waals surface area contributed by atoms with Gasteiger partial charge < -0.3 is 10.2 Å². The largest absolute Gasteiger partial charge is 0.309 e. The first-order valence-electron chi connectivity index (χ1n) is 7.17. The molecule has 1 aliphatic rings. The van der Waals surface area contributed by atoms with Crippen LogP contribution in [0.25, 0.3) is 0 Å². The molecule has 1 aliphatic heterocycles. The maximum absolute atomic E-state index is 3.70. The number of rotatable bonds is 4. The van der Waals surface area contributed by atoms with Crippen molar-refractivity contribution in [1.29, 1.82) is 0 Å². The quantitative estimate of drug-likeness (QED) is 0.878. The van der Waals surface area contributed by atoms with Crippen molar-refractivity contribution in [3.8, 4) is 0 Å². The van der Waals surface area contributed by atoms with Crippen molar-refractivity contribution < 1.29 is 0 Å². The second kappa shape index (κ2) is 6.35. The van der Waals surface area contributed by atoms with Gasteiger partial charge in [-0.25, -0.2) is 0 Å². The molecule has 0 aromatic heterocycles. The van der Waals surface area contributed by atoms with Crippen LogP contribution in [0.15, 0.2) is 24.3 Å². The zero-order valence-electron chi connectivity index (χ0n) is 11.9. The molecule has 0 aliphatic carbocycles. The van der Waals surface area contributed by atoms with Crippen LogP contribution in [0, 0.1) is 6.92 Å². The maximum atomic E-state index is 3.70. The van der Waals surface area contributed by atoms with E-state index in [2.05, 4.69) is 55.4 Å². The third kappa shape index (κ3) is 3.33. The molecule has 1 fully saturated rings. The summed E-state index contributed by atoms with van der Waals surface area (Å²) in [6.07, 6.45) is 4.08. The van der Waals surface area contributed by atoms with Crippen molar-refractivity contribution in [2.75, 3.05) is 20.1 Å². The highest BCUT2D eigenvalue weighted by molar-refractivity contribution is 5.28. The molecule has 1 saturated heterocycles. The molecule has 1 heterocycles. The second-order valence-electron chi connectivity index (χ2n) is 5.62. The SMILES string of the molecule is Cc1ccccc1[C@@H](C)NCC1CCCCN1C. The van der Waals surface area contributed by atoms with E-state index in [1.54, 1.807) is 0 Å². The summed E-state index contributed by atoms with van der Waals surface area (Å²) in [4.78, 5) is 2.50. The Morgan fingerprint density at radius 1 is 1.33 bits per heavy atom. The predicted octanol–water partition coefficient (Wildman–Crippen LogP) is 3.13. The molecule has 0 spiro atoms. The zero-order chi connectivity index (χ0) is 13.0. The van der Waals surface area contributed by atoms with Gasteiger partial charge in [0, 0.05) is 18.6 Å². The number of likely N-dealkylation sites (tertiary alicyclic amines) is 1. The molecule has 1 N–H and O–H groups in total. The lowest BCUT2D eigenvalue weighted by atomic mass is 10.0. The van der Waals surface area contributed by atoms with Gasteiger partial charge in [0.1, 0.15) is 0 Å². The first-order valence-corrected chi connectivity index (χ1v) is 7.17. The van der Waals surface area contributed by atoms with Crippen molar-refractivity contribution in [2.45, 2.75) is 45.2 Å². The molecular formula is C16H26N2. The minimum absolute atomic E-state index is 0.446. The molecule has 2 heteroatoms.